The zero-order valence-corrected chi connectivity index (χ0v) is 14.8. The molecule has 0 radical (unpaired) electrons. The van der Waals surface area contributed by atoms with Gasteiger partial charge in [-0.25, -0.2) is 0 Å². The highest BCUT2D eigenvalue weighted by molar-refractivity contribution is 4.87. The molecule has 3 atom stereocenters. The Morgan fingerprint density at radius 3 is 2.48 bits per heavy atom. The van der Waals surface area contributed by atoms with E-state index in [1.54, 1.807) is 0 Å². The summed E-state index contributed by atoms with van der Waals surface area (Å²) in [6, 6.07) is 0.679. The highest BCUT2D eigenvalue weighted by Gasteiger charge is 2.32. The first-order valence-electron chi connectivity index (χ1n) is 9.18. The van der Waals surface area contributed by atoms with Crippen molar-refractivity contribution in [2.24, 2.45) is 17.8 Å². The monoisotopic (exact) mass is 298 g/mol. The molecule has 1 saturated carbocycles. The molecule has 0 aliphatic heterocycles. The lowest BCUT2D eigenvalue weighted by Crippen LogP contribution is -2.47. The Hall–Kier alpha value is -0.120. The first-order valence-corrected chi connectivity index (χ1v) is 9.18. The van der Waals surface area contributed by atoms with Crippen LogP contribution in [0.1, 0.15) is 59.8 Å². The standard InChI is InChI=1S/C18H38N2O/c1-5-9-19-18-8-7-16(15(3)4)13-17(18)14-20(10-6-2)11-12-21/h15-19,21H,5-14H2,1-4H3. The van der Waals surface area contributed by atoms with Crippen LogP contribution < -0.4 is 5.32 Å². The summed E-state index contributed by atoms with van der Waals surface area (Å²) in [6.07, 6.45) is 6.44. The molecule has 126 valence electrons. The first-order chi connectivity index (χ1) is 10.1. The summed E-state index contributed by atoms with van der Waals surface area (Å²) in [4.78, 5) is 2.47. The predicted octanol–water partition coefficient (Wildman–Crippen LogP) is 3.13. The number of aliphatic hydroxyl groups excluding tert-OH is 1. The van der Waals surface area contributed by atoms with Crippen molar-refractivity contribution in [2.75, 3.05) is 32.8 Å². The number of hydrogen-bond donors (Lipinski definition) is 2. The van der Waals surface area contributed by atoms with Gasteiger partial charge in [-0.05, 0) is 62.9 Å². The van der Waals surface area contributed by atoms with Crippen LogP contribution in [-0.2, 0) is 0 Å². The Morgan fingerprint density at radius 1 is 1.14 bits per heavy atom. The van der Waals surface area contributed by atoms with Crippen LogP contribution in [0.15, 0.2) is 0 Å². The van der Waals surface area contributed by atoms with Gasteiger partial charge in [0, 0.05) is 19.1 Å². The van der Waals surface area contributed by atoms with E-state index in [1.165, 1.54) is 32.1 Å². The maximum atomic E-state index is 9.28. The minimum Gasteiger partial charge on any atom is -0.395 e. The molecule has 0 bridgehead atoms. The van der Waals surface area contributed by atoms with Gasteiger partial charge in [-0.3, -0.25) is 0 Å². The molecule has 0 aromatic rings. The van der Waals surface area contributed by atoms with E-state index in [4.69, 9.17) is 0 Å². The summed E-state index contributed by atoms with van der Waals surface area (Å²) in [5.74, 6) is 2.43. The number of nitrogens with zero attached hydrogens (tertiary/aromatic N) is 1. The van der Waals surface area contributed by atoms with E-state index < -0.39 is 0 Å². The van der Waals surface area contributed by atoms with E-state index in [0.29, 0.717) is 6.04 Å². The lowest BCUT2D eigenvalue weighted by atomic mass is 9.73. The summed E-state index contributed by atoms with van der Waals surface area (Å²) in [5.41, 5.74) is 0. The maximum absolute atomic E-state index is 9.28. The lowest BCUT2D eigenvalue weighted by molar-refractivity contribution is 0.109. The van der Waals surface area contributed by atoms with E-state index in [9.17, 15) is 5.11 Å². The Kier molecular flexibility index (Phi) is 9.54. The van der Waals surface area contributed by atoms with Gasteiger partial charge in [0.05, 0.1) is 6.61 Å². The third-order valence-electron chi connectivity index (χ3n) is 5.07. The first kappa shape index (κ1) is 18.9. The molecular formula is C18H38N2O. The van der Waals surface area contributed by atoms with Crippen LogP contribution in [0, 0.1) is 17.8 Å². The molecule has 1 aliphatic rings. The quantitative estimate of drug-likeness (QED) is 0.650. The molecule has 1 fully saturated rings. The largest absolute Gasteiger partial charge is 0.395 e. The molecule has 1 aliphatic carbocycles. The number of nitrogens with one attached hydrogen (secondary N) is 1. The van der Waals surface area contributed by atoms with E-state index in [0.717, 1.165) is 43.9 Å². The topological polar surface area (TPSA) is 35.5 Å². The Morgan fingerprint density at radius 2 is 1.90 bits per heavy atom. The molecule has 2 N–H and O–H groups in total. The highest BCUT2D eigenvalue weighted by atomic mass is 16.3. The molecule has 0 spiro atoms. The van der Waals surface area contributed by atoms with Crippen molar-refractivity contribution < 1.29 is 5.11 Å². The number of aliphatic hydroxyl groups is 1. The van der Waals surface area contributed by atoms with Crippen molar-refractivity contribution in [3.8, 4) is 0 Å². The van der Waals surface area contributed by atoms with Gasteiger partial charge in [0.25, 0.3) is 0 Å². The third kappa shape index (κ3) is 6.66. The fourth-order valence-corrected chi connectivity index (χ4v) is 3.79. The lowest BCUT2D eigenvalue weighted by Gasteiger charge is -2.40. The smallest absolute Gasteiger partial charge is 0.0558 e. The molecule has 0 aromatic heterocycles. The van der Waals surface area contributed by atoms with Crippen LogP contribution >= 0.6 is 0 Å². The molecule has 0 aromatic carbocycles. The van der Waals surface area contributed by atoms with Crippen LogP contribution in [0.25, 0.3) is 0 Å². The molecule has 3 nitrogen and oxygen atoms in total. The van der Waals surface area contributed by atoms with E-state index in [2.05, 4.69) is 37.9 Å². The van der Waals surface area contributed by atoms with Crippen LogP contribution in [0.4, 0.5) is 0 Å². The summed E-state index contributed by atoms with van der Waals surface area (Å²) in [7, 11) is 0. The molecule has 0 heterocycles. The van der Waals surface area contributed by atoms with Gasteiger partial charge in [-0.1, -0.05) is 27.7 Å². The number of hydrogen-bond acceptors (Lipinski definition) is 3. The van der Waals surface area contributed by atoms with Crippen molar-refractivity contribution in [2.45, 2.75) is 65.8 Å². The van der Waals surface area contributed by atoms with Crippen LogP contribution in [-0.4, -0.2) is 48.8 Å². The normalized spacial score (nSPS) is 26.7. The predicted molar refractivity (Wildman–Crippen MR) is 91.6 cm³/mol. The van der Waals surface area contributed by atoms with Crippen LogP contribution in [0.3, 0.4) is 0 Å². The Balaban J connectivity index is 2.62. The zero-order valence-electron chi connectivity index (χ0n) is 14.8. The average molecular weight is 299 g/mol. The Labute approximate surface area is 132 Å². The minimum atomic E-state index is 0.285. The van der Waals surface area contributed by atoms with E-state index in [-0.39, 0.29) is 6.61 Å². The third-order valence-corrected chi connectivity index (χ3v) is 5.07. The Bertz CT molecular complexity index is 252. The van der Waals surface area contributed by atoms with Crippen molar-refractivity contribution >= 4 is 0 Å². The second kappa shape index (κ2) is 10.6. The van der Waals surface area contributed by atoms with Gasteiger partial charge in [0.2, 0.25) is 0 Å². The molecular weight excluding hydrogens is 260 g/mol. The van der Waals surface area contributed by atoms with Crippen molar-refractivity contribution in [1.82, 2.24) is 10.2 Å². The van der Waals surface area contributed by atoms with Crippen molar-refractivity contribution in [3.63, 3.8) is 0 Å². The molecule has 0 amide bonds. The average Bonchev–Trinajstić information content (AvgIpc) is 2.46. The van der Waals surface area contributed by atoms with Gasteiger partial charge in [0.1, 0.15) is 0 Å². The highest BCUT2D eigenvalue weighted by Crippen LogP contribution is 2.34. The number of rotatable bonds is 10. The summed E-state index contributed by atoms with van der Waals surface area (Å²) in [5, 5.41) is 13.1. The summed E-state index contributed by atoms with van der Waals surface area (Å²) >= 11 is 0. The molecule has 1 rings (SSSR count). The molecule has 3 unspecified atom stereocenters. The van der Waals surface area contributed by atoms with Gasteiger partial charge in [-0.2, -0.15) is 0 Å². The molecule has 3 heteroatoms. The fourth-order valence-electron chi connectivity index (χ4n) is 3.79. The zero-order chi connectivity index (χ0) is 15.7. The summed E-state index contributed by atoms with van der Waals surface area (Å²) < 4.78 is 0. The van der Waals surface area contributed by atoms with Gasteiger partial charge in [0.15, 0.2) is 0 Å². The second-order valence-corrected chi connectivity index (χ2v) is 7.16. The molecule has 0 saturated heterocycles. The van der Waals surface area contributed by atoms with E-state index >= 15 is 0 Å². The SMILES string of the molecule is CCCNC1CCC(C(C)C)CC1CN(CCC)CCO. The van der Waals surface area contributed by atoms with Gasteiger partial charge >= 0.3 is 0 Å². The van der Waals surface area contributed by atoms with Crippen LogP contribution in [0.2, 0.25) is 0 Å². The fraction of sp³-hybridized carbons (Fsp3) is 1.00. The van der Waals surface area contributed by atoms with Crippen molar-refractivity contribution in [3.05, 3.63) is 0 Å². The molecule has 21 heavy (non-hydrogen) atoms. The maximum Gasteiger partial charge on any atom is 0.0558 e. The van der Waals surface area contributed by atoms with Crippen LogP contribution in [0.5, 0.6) is 0 Å². The van der Waals surface area contributed by atoms with Crippen molar-refractivity contribution in [1.29, 1.82) is 0 Å². The van der Waals surface area contributed by atoms with E-state index in [1.807, 2.05) is 0 Å². The minimum absolute atomic E-state index is 0.285. The van der Waals surface area contributed by atoms with Gasteiger partial charge in [-0.15, -0.1) is 0 Å². The summed E-state index contributed by atoms with van der Waals surface area (Å²) in [6.45, 7) is 13.7. The van der Waals surface area contributed by atoms with Gasteiger partial charge < -0.3 is 15.3 Å². The second-order valence-electron chi connectivity index (χ2n) is 7.16.